The van der Waals surface area contributed by atoms with Gasteiger partial charge in [-0.2, -0.15) is 0 Å². The van der Waals surface area contributed by atoms with E-state index in [1.807, 2.05) is 0 Å². The Morgan fingerprint density at radius 3 is 0.588 bits per heavy atom. The number of hydrogen-bond acceptors (Lipinski definition) is 10. The Labute approximate surface area is 295 Å². The van der Waals surface area contributed by atoms with Crippen LogP contribution in [0.15, 0.2) is 0 Å². The predicted octanol–water partition coefficient (Wildman–Crippen LogP) is 2.13. The zero-order valence-corrected chi connectivity index (χ0v) is 27.3. The molecule has 16 heteroatoms. The van der Waals surface area contributed by atoms with Crippen molar-refractivity contribution in [3.8, 4) is 0 Å². The van der Waals surface area contributed by atoms with E-state index < -0.39 is 29.5 Å². The van der Waals surface area contributed by atoms with Crippen LogP contribution in [0.1, 0.15) is 55.6 Å². The Bertz CT molecular complexity index is 2260. The summed E-state index contributed by atoms with van der Waals surface area (Å²) in [5.74, 6) is -2.75. The van der Waals surface area contributed by atoms with Crippen molar-refractivity contribution in [3.05, 3.63) is 55.6 Å². The van der Waals surface area contributed by atoms with Crippen molar-refractivity contribution < 1.29 is 67.1 Å². The van der Waals surface area contributed by atoms with Gasteiger partial charge in [0.1, 0.15) is 0 Å². The maximum atomic E-state index is 13.2. The summed E-state index contributed by atoms with van der Waals surface area (Å²) >= 11 is 0. The third-order valence-corrected chi connectivity index (χ3v) is 12.0. The summed E-state index contributed by atoms with van der Waals surface area (Å²) in [6.45, 7) is -0.987. The number of nitrogens with zero attached hydrogens (tertiary/aromatic N) is 5. The maximum absolute atomic E-state index is 13.2. The molecule has 15 nitrogen and oxygen atoms in total. The number of carbonyl (C=O) groups is 5. The minimum absolute atomic E-state index is 0. The van der Waals surface area contributed by atoms with Crippen LogP contribution in [0, 0.1) is 0 Å². The van der Waals surface area contributed by atoms with E-state index in [2.05, 4.69) is 0 Å². The molecule has 0 spiro atoms. The van der Waals surface area contributed by atoms with Crippen LogP contribution < -0.4 is 0 Å². The summed E-state index contributed by atoms with van der Waals surface area (Å²) in [5.41, 5.74) is 6.02. The van der Waals surface area contributed by atoms with Crippen LogP contribution in [0.2, 0.25) is 0 Å². The summed E-state index contributed by atoms with van der Waals surface area (Å²) < 4.78 is 0. The number of benzene rings is 5. The van der Waals surface area contributed by atoms with Crippen molar-refractivity contribution in [3.63, 3.8) is 0 Å². The van der Waals surface area contributed by atoms with Crippen LogP contribution in [0.5, 0.6) is 0 Å². The largest absolute Gasteiger partial charge is 0.286 e. The Balaban J connectivity index is 0.00000327. The molecule has 5 amide bonds. The Morgan fingerprint density at radius 1 is 0.275 bits per heavy atom. The molecule has 0 fully saturated rings. The molecule has 261 valence electrons. The van der Waals surface area contributed by atoms with Gasteiger partial charge in [-0.15, -0.1) is 0 Å². The second-order valence-electron chi connectivity index (χ2n) is 14.2. The van der Waals surface area contributed by atoms with Crippen molar-refractivity contribution in [1.29, 1.82) is 0 Å². The van der Waals surface area contributed by atoms with Crippen LogP contribution in [-0.4, -0.2) is 80.9 Å². The van der Waals surface area contributed by atoms with E-state index in [0.29, 0.717) is 108 Å². The Morgan fingerprint density at radius 2 is 0.431 bits per heavy atom. The molecule has 6 aromatic rings. The number of rotatable bonds is 0. The molecule has 0 saturated heterocycles. The van der Waals surface area contributed by atoms with Crippen molar-refractivity contribution in [2.24, 2.45) is 0 Å². The fraction of sp³-hybridized carbons (Fsp3) is 0.286. The number of carbonyl (C=O) groups excluding carboxylic acids is 5. The number of fused-ring (bicyclic) bond motifs is 15. The molecule has 0 atom stereocenters. The molecule has 0 unspecified atom stereocenters. The minimum atomic E-state index is -0.550. The van der Waals surface area contributed by atoms with Gasteiger partial charge >= 0.3 is 0 Å². The second kappa shape index (κ2) is 9.68. The number of hydrogen-bond donors (Lipinski definition) is 5. The van der Waals surface area contributed by atoms with E-state index in [4.69, 9.17) is 0 Å². The molecule has 5 N–H and O–H groups in total. The van der Waals surface area contributed by atoms with Crippen molar-refractivity contribution in [2.45, 2.75) is 64.8 Å². The zero-order valence-electron chi connectivity index (χ0n) is 26.4. The SMILES string of the molecule is O=C1Cc2c(c3c4c(c5c6c(c7c8c(c9c%10c(c2c2c3c5c7c92)CN(O)C(=O)C%10)CN(O)C(=O)C8)CN(O)C(=O)C6)CN(O)C(=O)C4)CN1O.[Cu]. The Kier molecular flexibility index (Phi) is 5.86. The standard InChI is InChI=1S/C35H25N5O10.Cu/c41-21-1-11-16(6-36(21)46)27-13-3-23(43)38(48)8-18(13)29-15-5-25(45)40(50)10-20(15)30-14-4-24(44)39(49)9-19(14)28-12-2-22(42)37(47)7-17(12)26(11)31-32(27)34(29)35(30)33(28)31;/h46-50H,1-10H2;. The van der Waals surface area contributed by atoms with E-state index >= 15 is 0 Å². The summed E-state index contributed by atoms with van der Waals surface area (Å²) in [4.78, 5) is 66.1. The minimum Gasteiger partial charge on any atom is -0.286 e. The molecule has 0 aliphatic carbocycles. The van der Waals surface area contributed by atoms with Crippen LogP contribution in [0.25, 0.3) is 53.9 Å². The van der Waals surface area contributed by atoms with Crippen molar-refractivity contribution in [2.75, 3.05) is 0 Å². The molecule has 6 aromatic carbocycles. The average molecular weight is 739 g/mol. The Hall–Kier alpha value is -4.93. The van der Waals surface area contributed by atoms with Crippen LogP contribution >= 0.6 is 0 Å². The zero-order chi connectivity index (χ0) is 34.4. The molecule has 5 aliphatic rings. The third-order valence-electron chi connectivity index (χ3n) is 12.0. The fourth-order valence-electron chi connectivity index (χ4n) is 10.1. The summed E-state index contributed by atoms with van der Waals surface area (Å²) in [6.07, 6.45) is -0.991. The molecule has 1 radical (unpaired) electrons. The number of amides is 5. The first kappa shape index (κ1) is 30.9. The molecule has 0 aromatic heterocycles. The van der Waals surface area contributed by atoms with Crippen LogP contribution in [0.3, 0.4) is 0 Å². The normalized spacial score (nSPS) is 19.3. The number of hydroxylamine groups is 10. The van der Waals surface area contributed by atoms with E-state index in [0.717, 1.165) is 26.9 Å². The quantitative estimate of drug-likeness (QED) is 0.0873. The van der Waals surface area contributed by atoms with Crippen molar-refractivity contribution in [1.82, 2.24) is 25.3 Å². The van der Waals surface area contributed by atoms with Gasteiger partial charge in [-0.25, -0.2) is 25.3 Å². The molecule has 11 rings (SSSR count). The molecule has 5 aliphatic heterocycles. The second-order valence-corrected chi connectivity index (χ2v) is 14.2. The van der Waals surface area contributed by atoms with Gasteiger partial charge in [0.2, 0.25) is 0 Å². The molecule has 0 bridgehead atoms. The van der Waals surface area contributed by atoms with Gasteiger partial charge in [-0.3, -0.25) is 50.0 Å². The molecular formula is C35H25CuN5O10. The third kappa shape index (κ3) is 3.48. The monoisotopic (exact) mass is 738 g/mol. The van der Waals surface area contributed by atoms with Crippen LogP contribution in [0.4, 0.5) is 0 Å². The van der Waals surface area contributed by atoms with Crippen LogP contribution in [-0.2, 0) is 106 Å². The first-order valence-corrected chi connectivity index (χ1v) is 16.3. The van der Waals surface area contributed by atoms with Crippen molar-refractivity contribution >= 4 is 83.4 Å². The van der Waals surface area contributed by atoms with Gasteiger partial charge in [0.05, 0.1) is 64.8 Å². The first-order valence-electron chi connectivity index (χ1n) is 16.3. The van der Waals surface area contributed by atoms with Gasteiger partial charge in [-0.1, -0.05) is 0 Å². The molecule has 51 heavy (non-hydrogen) atoms. The van der Waals surface area contributed by atoms with Gasteiger partial charge in [-0.05, 0) is 109 Å². The summed E-state index contributed by atoms with van der Waals surface area (Å²) in [7, 11) is 0. The summed E-state index contributed by atoms with van der Waals surface area (Å²) in [5, 5.41) is 64.3. The first-order chi connectivity index (χ1) is 23.9. The van der Waals surface area contributed by atoms with Gasteiger partial charge in [0.25, 0.3) is 29.5 Å². The molecular weight excluding hydrogens is 714 g/mol. The van der Waals surface area contributed by atoms with Gasteiger partial charge in [0, 0.05) is 17.1 Å². The average Bonchev–Trinajstić information content (AvgIpc) is 3.40. The smallest absolute Gasteiger partial charge is 0.250 e. The van der Waals surface area contributed by atoms with E-state index in [9.17, 15) is 50.0 Å². The predicted molar refractivity (Wildman–Crippen MR) is 168 cm³/mol. The van der Waals surface area contributed by atoms with E-state index in [1.54, 1.807) is 0 Å². The van der Waals surface area contributed by atoms with E-state index in [1.165, 1.54) is 0 Å². The van der Waals surface area contributed by atoms with Gasteiger partial charge in [0.15, 0.2) is 0 Å². The molecule has 5 heterocycles. The summed E-state index contributed by atoms with van der Waals surface area (Å²) in [6, 6.07) is 0. The van der Waals surface area contributed by atoms with E-state index in [-0.39, 0.29) is 81.9 Å². The maximum Gasteiger partial charge on any atom is 0.250 e. The topological polar surface area (TPSA) is 203 Å². The van der Waals surface area contributed by atoms with Gasteiger partial charge < -0.3 is 0 Å². The molecule has 0 saturated carbocycles. The fourth-order valence-corrected chi connectivity index (χ4v) is 10.1.